The molecule has 0 bridgehead atoms. The van der Waals surface area contributed by atoms with Gasteiger partial charge in [-0.2, -0.15) is 5.10 Å². The van der Waals surface area contributed by atoms with Gasteiger partial charge in [0, 0.05) is 18.8 Å². The van der Waals surface area contributed by atoms with E-state index in [0.717, 1.165) is 11.3 Å². The van der Waals surface area contributed by atoms with Crippen molar-refractivity contribution in [2.24, 2.45) is 7.05 Å². The van der Waals surface area contributed by atoms with Gasteiger partial charge in [0.25, 0.3) is 0 Å². The average Bonchev–Trinajstić information content (AvgIpc) is 2.71. The molecule has 2 heterocycles. The lowest BCUT2D eigenvalue weighted by Crippen LogP contribution is -2.06. The summed E-state index contributed by atoms with van der Waals surface area (Å²) in [5.41, 5.74) is 1.68. The molecule has 2 aromatic rings. The highest BCUT2D eigenvalue weighted by Crippen LogP contribution is 2.24. The Morgan fingerprint density at radius 1 is 1.59 bits per heavy atom. The summed E-state index contributed by atoms with van der Waals surface area (Å²) in [4.78, 5) is 10.3. The van der Waals surface area contributed by atoms with E-state index in [9.17, 15) is 10.1 Å². The van der Waals surface area contributed by atoms with Gasteiger partial charge in [-0.15, -0.1) is 4.68 Å². The molecular weight excluding hydrogens is 246 g/mol. The SMILES string of the molecule is Cc1nn(C)cc1Cn1ncc(Cl)c1[N+](=O)[O-]. The molecule has 0 unspecified atom stereocenters. The van der Waals surface area contributed by atoms with Gasteiger partial charge in [-0.1, -0.05) is 16.7 Å². The maximum atomic E-state index is 10.8. The summed E-state index contributed by atoms with van der Waals surface area (Å²) >= 11 is 5.71. The van der Waals surface area contributed by atoms with Crippen LogP contribution in [0.2, 0.25) is 5.02 Å². The summed E-state index contributed by atoms with van der Waals surface area (Å²) in [6, 6.07) is 0. The van der Waals surface area contributed by atoms with Crippen molar-refractivity contribution < 1.29 is 4.92 Å². The van der Waals surface area contributed by atoms with Crippen molar-refractivity contribution in [3.8, 4) is 0 Å². The first-order valence-electron chi connectivity index (χ1n) is 4.84. The minimum atomic E-state index is -0.541. The lowest BCUT2D eigenvalue weighted by molar-refractivity contribution is -0.392. The quantitative estimate of drug-likeness (QED) is 0.615. The molecule has 0 fully saturated rings. The molecule has 0 atom stereocenters. The first kappa shape index (κ1) is 11.6. The molecule has 0 aliphatic rings. The summed E-state index contributed by atoms with van der Waals surface area (Å²) in [5.74, 6) is -0.199. The average molecular weight is 256 g/mol. The van der Waals surface area contributed by atoms with Crippen LogP contribution in [0.3, 0.4) is 0 Å². The standard InChI is InChI=1S/C9H10ClN5O2/c1-6-7(4-13(2)12-6)5-14-9(15(16)17)8(10)3-11-14/h3-4H,5H2,1-2H3. The first-order chi connectivity index (χ1) is 7.99. The van der Waals surface area contributed by atoms with E-state index in [-0.39, 0.29) is 17.4 Å². The molecule has 0 N–H and O–H groups in total. The molecule has 0 amide bonds. The minimum Gasteiger partial charge on any atom is -0.358 e. The van der Waals surface area contributed by atoms with Gasteiger partial charge in [0.05, 0.1) is 11.9 Å². The number of hydrogen-bond acceptors (Lipinski definition) is 4. The van der Waals surface area contributed by atoms with E-state index >= 15 is 0 Å². The van der Waals surface area contributed by atoms with Crippen molar-refractivity contribution >= 4 is 17.4 Å². The van der Waals surface area contributed by atoms with Gasteiger partial charge in [0.15, 0.2) is 5.02 Å². The molecule has 0 saturated carbocycles. The fourth-order valence-corrected chi connectivity index (χ4v) is 1.83. The van der Waals surface area contributed by atoms with Gasteiger partial charge in [-0.05, 0) is 11.8 Å². The Hall–Kier alpha value is -1.89. The van der Waals surface area contributed by atoms with Crippen LogP contribution in [0.4, 0.5) is 5.82 Å². The Labute approximate surface area is 102 Å². The molecule has 2 aromatic heterocycles. The maximum Gasteiger partial charge on any atom is 0.364 e. The first-order valence-corrected chi connectivity index (χ1v) is 5.21. The Morgan fingerprint density at radius 2 is 2.29 bits per heavy atom. The second-order valence-corrected chi connectivity index (χ2v) is 4.05. The number of nitro groups is 1. The Morgan fingerprint density at radius 3 is 2.82 bits per heavy atom. The van der Waals surface area contributed by atoms with Crippen LogP contribution in [0.15, 0.2) is 12.4 Å². The van der Waals surface area contributed by atoms with Crippen LogP contribution in [0.1, 0.15) is 11.3 Å². The van der Waals surface area contributed by atoms with Crippen LogP contribution >= 0.6 is 11.6 Å². The third-order valence-corrected chi connectivity index (χ3v) is 2.64. The molecule has 7 nitrogen and oxygen atoms in total. The molecular formula is C9H10ClN5O2. The molecule has 0 radical (unpaired) electrons. The number of aryl methyl sites for hydroxylation is 2. The van der Waals surface area contributed by atoms with E-state index in [2.05, 4.69) is 10.2 Å². The van der Waals surface area contributed by atoms with E-state index in [1.54, 1.807) is 17.9 Å². The fourth-order valence-electron chi connectivity index (χ4n) is 1.62. The lowest BCUT2D eigenvalue weighted by Gasteiger charge is -1.98. The summed E-state index contributed by atoms with van der Waals surface area (Å²) < 4.78 is 2.91. The van der Waals surface area contributed by atoms with Crippen molar-refractivity contribution in [3.63, 3.8) is 0 Å². The summed E-state index contributed by atoms with van der Waals surface area (Å²) in [7, 11) is 1.79. The molecule has 0 aliphatic carbocycles. The lowest BCUT2D eigenvalue weighted by atomic mass is 10.3. The predicted molar refractivity (Wildman–Crippen MR) is 60.9 cm³/mol. The molecule has 0 aliphatic heterocycles. The Kier molecular flexibility index (Phi) is 2.84. The number of aromatic nitrogens is 4. The zero-order chi connectivity index (χ0) is 12.6. The van der Waals surface area contributed by atoms with Gasteiger partial charge < -0.3 is 10.1 Å². The number of hydrogen-bond donors (Lipinski definition) is 0. The number of nitrogens with zero attached hydrogens (tertiary/aromatic N) is 5. The van der Waals surface area contributed by atoms with E-state index < -0.39 is 4.92 Å². The second kappa shape index (κ2) is 4.17. The zero-order valence-corrected chi connectivity index (χ0v) is 10.0. The largest absolute Gasteiger partial charge is 0.364 e. The van der Waals surface area contributed by atoms with Crippen LogP contribution in [0.25, 0.3) is 0 Å². The summed E-state index contributed by atoms with van der Waals surface area (Å²) in [5, 5.41) is 18.9. The maximum absolute atomic E-state index is 10.8. The van der Waals surface area contributed by atoms with E-state index in [1.807, 2.05) is 6.92 Å². The summed E-state index contributed by atoms with van der Waals surface area (Å²) in [6.07, 6.45) is 3.07. The van der Waals surface area contributed by atoms with Gasteiger partial charge >= 0.3 is 5.82 Å². The molecule has 0 spiro atoms. The van der Waals surface area contributed by atoms with E-state index in [1.165, 1.54) is 10.9 Å². The van der Waals surface area contributed by atoms with Crippen molar-refractivity contribution in [1.82, 2.24) is 19.6 Å². The third-order valence-electron chi connectivity index (χ3n) is 2.38. The zero-order valence-electron chi connectivity index (χ0n) is 9.29. The monoisotopic (exact) mass is 255 g/mol. The Balaban J connectivity index is 2.36. The highest BCUT2D eigenvalue weighted by Gasteiger charge is 2.21. The second-order valence-electron chi connectivity index (χ2n) is 3.64. The summed E-state index contributed by atoms with van der Waals surface area (Å²) in [6.45, 7) is 2.12. The minimum absolute atomic E-state index is 0.0385. The predicted octanol–water partition coefficient (Wildman–Crippen LogP) is 1.53. The van der Waals surface area contributed by atoms with Crippen LogP contribution in [-0.2, 0) is 13.6 Å². The van der Waals surface area contributed by atoms with Gasteiger partial charge in [0.2, 0.25) is 0 Å². The number of halogens is 1. The van der Waals surface area contributed by atoms with Gasteiger partial charge in [0.1, 0.15) is 6.54 Å². The van der Waals surface area contributed by atoms with Crippen molar-refractivity contribution in [1.29, 1.82) is 0 Å². The van der Waals surface area contributed by atoms with E-state index in [0.29, 0.717) is 0 Å². The van der Waals surface area contributed by atoms with Crippen molar-refractivity contribution in [2.75, 3.05) is 0 Å². The smallest absolute Gasteiger partial charge is 0.358 e. The van der Waals surface area contributed by atoms with Crippen LogP contribution in [-0.4, -0.2) is 24.5 Å². The van der Waals surface area contributed by atoms with Crippen molar-refractivity contribution in [3.05, 3.63) is 38.8 Å². The topological polar surface area (TPSA) is 78.8 Å². The van der Waals surface area contributed by atoms with Gasteiger partial charge in [-0.3, -0.25) is 4.68 Å². The highest BCUT2D eigenvalue weighted by atomic mass is 35.5. The van der Waals surface area contributed by atoms with E-state index in [4.69, 9.17) is 11.6 Å². The molecule has 8 heteroatoms. The molecule has 90 valence electrons. The van der Waals surface area contributed by atoms with Crippen molar-refractivity contribution in [2.45, 2.75) is 13.5 Å². The molecule has 0 saturated heterocycles. The highest BCUT2D eigenvalue weighted by molar-refractivity contribution is 6.32. The third kappa shape index (κ3) is 2.14. The van der Waals surface area contributed by atoms with Crippen LogP contribution in [0.5, 0.6) is 0 Å². The number of rotatable bonds is 3. The molecule has 2 rings (SSSR count). The van der Waals surface area contributed by atoms with Gasteiger partial charge in [-0.25, -0.2) is 0 Å². The molecule has 17 heavy (non-hydrogen) atoms. The van der Waals surface area contributed by atoms with Crippen LogP contribution < -0.4 is 0 Å². The fraction of sp³-hybridized carbons (Fsp3) is 0.333. The normalized spacial score (nSPS) is 10.8. The van der Waals surface area contributed by atoms with Crippen LogP contribution in [0, 0.1) is 17.0 Å². The Bertz CT molecular complexity index is 574. The molecule has 0 aromatic carbocycles.